The number of furan rings is 1. The molecule has 0 spiro atoms. The molecule has 0 N–H and O–H groups in total. The summed E-state index contributed by atoms with van der Waals surface area (Å²) in [5.41, 5.74) is 9.30. The number of para-hydroxylation sites is 4. The average molecular weight is 987 g/mol. The van der Waals surface area contributed by atoms with Crippen LogP contribution < -0.4 is 14.7 Å². The fraction of sp³-hybridized carbons (Fsp3) is 0. The van der Waals surface area contributed by atoms with Crippen LogP contribution in [-0.2, 0) is 0 Å². The standard InChI is InChI=1S/C68H43N3OS2/c1-3-19-47(20-4-1)69(48-21-5-2-6-22-48)50-33-37-64-59(40-50)56-35-31-52(42-66(56)73-64)70(61-26-13-18-45-16-9-10-23-54(45)61)53-32-36-57-60-41-51(34-38-65(60)74-67(57)43-53)71(49-30-29-44-15-7-8-17-46(44)39-49)62-27-14-25-58-55-24-11-12-28-63(55)72-68(58)62/h1-43H/i1D,3D,4D,19D,20D. The molecule has 0 aliphatic carbocycles. The molecule has 6 heteroatoms. The summed E-state index contributed by atoms with van der Waals surface area (Å²) in [6.45, 7) is 0. The third kappa shape index (κ3) is 7.02. The Morgan fingerprint density at radius 1 is 0.297 bits per heavy atom. The lowest BCUT2D eigenvalue weighted by molar-refractivity contribution is 0.669. The van der Waals surface area contributed by atoms with E-state index in [1.807, 2.05) is 48.5 Å². The van der Waals surface area contributed by atoms with Crippen molar-refractivity contribution in [3.63, 3.8) is 0 Å². The van der Waals surface area contributed by atoms with E-state index in [2.05, 4.69) is 192 Å². The largest absolute Gasteiger partial charge is 0.454 e. The number of rotatable bonds is 9. The first kappa shape index (κ1) is 37.6. The molecule has 0 aliphatic heterocycles. The van der Waals surface area contributed by atoms with E-state index in [0.717, 1.165) is 92.4 Å². The Hall–Kier alpha value is -9.20. The van der Waals surface area contributed by atoms with E-state index in [0.29, 0.717) is 11.4 Å². The molecule has 4 nitrogen and oxygen atoms in total. The molecule has 0 saturated carbocycles. The Morgan fingerprint density at radius 3 is 1.57 bits per heavy atom. The molecule has 0 fully saturated rings. The number of hydrogen-bond donors (Lipinski definition) is 0. The Balaban J connectivity index is 0.867. The van der Waals surface area contributed by atoms with E-state index in [4.69, 9.17) is 11.3 Å². The Kier molecular flexibility index (Phi) is 8.75. The molecule has 12 aromatic carbocycles. The van der Waals surface area contributed by atoms with E-state index in [1.54, 1.807) is 27.6 Å². The summed E-state index contributed by atoms with van der Waals surface area (Å²) >= 11 is 3.51. The second kappa shape index (κ2) is 17.2. The van der Waals surface area contributed by atoms with E-state index < -0.39 is 6.04 Å². The van der Waals surface area contributed by atoms with E-state index in [9.17, 15) is 0 Å². The normalized spacial score (nSPS) is 12.7. The van der Waals surface area contributed by atoms with Crippen LogP contribution >= 0.6 is 22.7 Å². The molecular weight excluding hydrogens is 939 g/mol. The van der Waals surface area contributed by atoms with Gasteiger partial charge in [0.15, 0.2) is 5.58 Å². The van der Waals surface area contributed by atoms with Gasteiger partial charge in [-0.15, -0.1) is 22.7 Å². The highest BCUT2D eigenvalue weighted by molar-refractivity contribution is 7.26. The van der Waals surface area contributed by atoms with E-state index in [-0.39, 0.29) is 29.9 Å². The molecule has 0 radical (unpaired) electrons. The summed E-state index contributed by atoms with van der Waals surface area (Å²) in [7, 11) is 0. The Morgan fingerprint density at radius 2 is 0.824 bits per heavy atom. The van der Waals surface area contributed by atoms with Crippen molar-refractivity contribution in [3.05, 3.63) is 261 Å². The van der Waals surface area contributed by atoms with Crippen molar-refractivity contribution < 1.29 is 11.3 Å². The van der Waals surface area contributed by atoms with Crippen molar-refractivity contribution in [1.82, 2.24) is 0 Å². The first-order chi connectivity index (χ1) is 38.7. The molecule has 348 valence electrons. The third-order valence-electron chi connectivity index (χ3n) is 14.3. The van der Waals surface area contributed by atoms with Crippen molar-refractivity contribution in [2.45, 2.75) is 0 Å². The second-order valence-corrected chi connectivity index (χ2v) is 20.7. The summed E-state index contributed by atoms with van der Waals surface area (Å²) in [6.07, 6.45) is 0. The van der Waals surface area contributed by atoms with Crippen molar-refractivity contribution in [3.8, 4) is 0 Å². The van der Waals surface area contributed by atoms with Gasteiger partial charge in [0.05, 0.1) is 18.2 Å². The van der Waals surface area contributed by atoms with Gasteiger partial charge < -0.3 is 19.1 Å². The molecule has 0 aliphatic rings. The molecule has 0 saturated heterocycles. The smallest absolute Gasteiger partial charge is 0.159 e. The summed E-state index contributed by atoms with van der Waals surface area (Å²) in [6, 6.07) is 79.1. The number of hydrogen-bond acceptors (Lipinski definition) is 6. The van der Waals surface area contributed by atoms with Crippen LogP contribution in [0.15, 0.2) is 265 Å². The van der Waals surface area contributed by atoms with Gasteiger partial charge in [-0.1, -0.05) is 146 Å². The van der Waals surface area contributed by atoms with Crippen molar-refractivity contribution in [2.75, 3.05) is 14.7 Å². The highest BCUT2D eigenvalue weighted by Gasteiger charge is 2.23. The van der Waals surface area contributed by atoms with E-state index in [1.165, 1.54) is 25.6 Å². The second-order valence-electron chi connectivity index (χ2n) is 18.5. The lowest BCUT2D eigenvalue weighted by Gasteiger charge is -2.27. The van der Waals surface area contributed by atoms with Crippen LogP contribution in [0.2, 0.25) is 0 Å². The van der Waals surface area contributed by atoms with Crippen molar-refractivity contribution in [2.24, 2.45) is 0 Å². The molecule has 15 rings (SSSR count). The van der Waals surface area contributed by atoms with Gasteiger partial charge in [0.25, 0.3) is 0 Å². The number of benzene rings is 12. The zero-order chi connectivity index (χ0) is 53.0. The molecule has 0 amide bonds. The maximum atomic E-state index is 8.98. The molecule has 0 atom stereocenters. The molecule has 0 bridgehead atoms. The Labute approximate surface area is 442 Å². The van der Waals surface area contributed by atoms with Gasteiger partial charge in [-0.2, -0.15) is 0 Å². The van der Waals surface area contributed by atoms with Gasteiger partial charge in [-0.25, -0.2) is 0 Å². The predicted molar refractivity (Wildman–Crippen MR) is 319 cm³/mol. The number of fused-ring (bicyclic) bond motifs is 11. The lowest BCUT2D eigenvalue weighted by Crippen LogP contribution is -2.10. The maximum Gasteiger partial charge on any atom is 0.159 e. The third-order valence-corrected chi connectivity index (χ3v) is 16.5. The highest BCUT2D eigenvalue weighted by atomic mass is 32.1. The fourth-order valence-corrected chi connectivity index (χ4v) is 13.1. The summed E-state index contributed by atoms with van der Waals surface area (Å²) in [4.78, 5) is 6.48. The highest BCUT2D eigenvalue weighted by Crippen LogP contribution is 2.49. The lowest BCUT2D eigenvalue weighted by atomic mass is 10.0. The molecule has 3 heterocycles. The number of nitrogens with zero attached hydrogens (tertiary/aromatic N) is 3. The first-order valence-corrected chi connectivity index (χ1v) is 26.2. The van der Waals surface area contributed by atoms with Gasteiger partial charge in [-0.3, -0.25) is 0 Å². The maximum absolute atomic E-state index is 8.98. The van der Waals surface area contributed by atoms with Gasteiger partial charge in [0, 0.05) is 96.3 Å². The van der Waals surface area contributed by atoms with Crippen LogP contribution in [-0.4, -0.2) is 0 Å². The summed E-state index contributed by atoms with van der Waals surface area (Å²) < 4.78 is 54.6. The number of anilines is 9. The minimum atomic E-state index is -0.424. The fourth-order valence-electron chi connectivity index (χ4n) is 10.9. The van der Waals surface area contributed by atoms with Gasteiger partial charge in [0.1, 0.15) is 5.58 Å². The van der Waals surface area contributed by atoms with Crippen LogP contribution in [0.4, 0.5) is 51.2 Å². The van der Waals surface area contributed by atoms with Crippen LogP contribution in [0.25, 0.3) is 83.8 Å². The van der Waals surface area contributed by atoms with Crippen LogP contribution in [0.5, 0.6) is 0 Å². The molecule has 0 unspecified atom stereocenters. The quantitative estimate of drug-likeness (QED) is 0.144. The van der Waals surface area contributed by atoms with Crippen molar-refractivity contribution in [1.29, 1.82) is 0 Å². The van der Waals surface area contributed by atoms with Crippen molar-refractivity contribution >= 4 is 158 Å². The predicted octanol–water partition coefficient (Wildman–Crippen LogP) is 21.0. The van der Waals surface area contributed by atoms with Crippen LogP contribution in [0.1, 0.15) is 6.85 Å². The SMILES string of the molecule is [2H]c1c([2H])c([2H])c(N(c2ccccc2)c2ccc3sc4cc(N(c5ccc6c(c5)sc5ccc(N(c7ccc8ccccc8c7)c7cccc8c7oc7ccccc78)cc56)c5cccc6ccccc56)ccc4c3c2)c([2H])c1[2H]. The molecule has 15 aromatic rings. The zero-order valence-corrected chi connectivity index (χ0v) is 41.1. The minimum Gasteiger partial charge on any atom is -0.454 e. The van der Waals surface area contributed by atoms with Gasteiger partial charge in [-0.05, 0) is 131 Å². The van der Waals surface area contributed by atoms with Gasteiger partial charge in [0.2, 0.25) is 0 Å². The topological polar surface area (TPSA) is 22.9 Å². The summed E-state index contributed by atoms with van der Waals surface area (Å²) in [5, 5.41) is 11.2. The van der Waals surface area contributed by atoms with Crippen LogP contribution in [0, 0.1) is 0 Å². The summed E-state index contributed by atoms with van der Waals surface area (Å²) in [5.74, 6) is 0. The monoisotopic (exact) mass is 986 g/mol. The first-order valence-electron chi connectivity index (χ1n) is 27.1. The van der Waals surface area contributed by atoms with E-state index >= 15 is 0 Å². The average Bonchev–Trinajstić information content (AvgIpc) is 4.25. The molecule has 3 aromatic heterocycles. The van der Waals surface area contributed by atoms with Crippen LogP contribution in [0.3, 0.4) is 0 Å². The molecule has 74 heavy (non-hydrogen) atoms. The zero-order valence-electron chi connectivity index (χ0n) is 44.5. The molecular formula is C68H43N3OS2. The Bertz CT molecular complexity index is 4940. The van der Waals surface area contributed by atoms with Gasteiger partial charge >= 0.3 is 0 Å². The number of thiophene rings is 2. The minimum absolute atomic E-state index is 0.0972.